The summed E-state index contributed by atoms with van der Waals surface area (Å²) in [5, 5.41) is 3.57. The van der Waals surface area contributed by atoms with Crippen LogP contribution in [0, 0.1) is 12.8 Å². The van der Waals surface area contributed by atoms with Gasteiger partial charge in [-0.2, -0.15) is 0 Å². The zero-order valence-electron chi connectivity index (χ0n) is 10.7. The summed E-state index contributed by atoms with van der Waals surface area (Å²) in [7, 11) is 2.22. The fraction of sp³-hybridized carbons (Fsp3) is 0.571. The number of halogens is 1. The van der Waals surface area contributed by atoms with Gasteiger partial charge in [0.25, 0.3) is 0 Å². The molecular weight excluding hydrogens is 276 g/mol. The van der Waals surface area contributed by atoms with E-state index in [-0.39, 0.29) is 0 Å². The summed E-state index contributed by atoms with van der Waals surface area (Å²) in [4.78, 5) is 2.43. The second-order valence-corrected chi connectivity index (χ2v) is 5.99. The summed E-state index contributed by atoms with van der Waals surface area (Å²) in [5.74, 6) is 0.779. The first kappa shape index (κ1) is 12.9. The van der Waals surface area contributed by atoms with Crippen molar-refractivity contribution >= 4 is 21.6 Å². The van der Waals surface area contributed by atoms with Crippen molar-refractivity contribution in [1.82, 2.24) is 4.90 Å². The molecule has 0 amide bonds. The van der Waals surface area contributed by atoms with E-state index >= 15 is 0 Å². The Labute approximate surface area is 113 Å². The van der Waals surface area contributed by atoms with Crippen LogP contribution < -0.4 is 5.32 Å². The first-order chi connectivity index (χ1) is 8.15. The Hall–Kier alpha value is -0.540. The lowest BCUT2D eigenvalue weighted by Crippen LogP contribution is -2.35. The van der Waals surface area contributed by atoms with E-state index in [0.29, 0.717) is 0 Å². The predicted octanol–water partition coefficient (Wildman–Crippen LogP) is 3.51. The average Bonchev–Trinajstić information content (AvgIpc) is 2.30. The fourth-order valence-electron chi connectivity index (χ4n) is 2.47. The van der Waals surface area contributed by atoms with E-state index in [0.717, 1.165) is 16.9 Å². The van der Waals surface area contributed by atoms with Gasteiger partial charge in [0, 0.05) is 23.2 Å². The van der Waals surface area contributed by atoms with Gasteiger partial charge in [-0.1, -0.05) is 6.07 Å². The zero-order chi connectivity index (χ0) is 12.3. The molecule has 0 aliphatic carbocycles. The van der Waals surface area contributed by atoms with Gasteiger partial charge >= 0.3 is 0 Å². The summed E-state index contributed by atoms with van der Waals surface area (Å²) >= 11 is 3.59. The van der Waals surface area contributed by atoms with Crippen LogP contribution in [-0.4, -0.2) is 31.6 Å². The lowest BCUT2D eigenvalue weighted by Gasteiger charge is -2.30. The van der Waals surface area contributed by atoms with Gasteiger partial charge in [0.05, 0.1) is 0 Å². The van der Waals surface area contributed by atoms with Crippen molar-refractivity contribution in [3.63, 3.8) is 0 Å². The monoisotopic (exact) mass is 296 g/mol. The lowest BCUT2D eigenvalue weighted by molar-refractivity contribution is 0.217. The van der Waals surface area contributed by atoms with Crippen LogP contribution in [0.4, 0.5) is 5.69 Å². The molecule has 3 heteroatoms. The van der Waals surface area contributed by atoms with Gasteiger partial charge in [-0.15, -0.1) is 0 Å². The van der Waals surface area contributed by atoms with Gasteiger partial charge in [0.2, 0.25) is 0 Å². The van der Waals surface area contributed by atoms with Gasteiger partial charge in [-0.3, -0.25) is 0 Å². The molecule has 1 unspecified atom stereocenters. The molecule has 1 aliphatic rings. The third kappa shape index (κ3) is 3.71. The molecule has 94 valence electrons. The van der Waals surface area contributed by atoms with E-state index in [1.165, 1.54) is 37.2 Å². The molecule has 1 atom stereocenters. The van der Waals surface area contributed by atoms with Crippen molar-refractivity contribution < 1.29 is 0 Å². The highest BCUT2D eigenvalue weighted by Gasteiger charge is 2.16. The number of likely N-dealkylation sites (tertiary alicyclic amines) is 1. The van der Waals surface area contributed by atoms with E-state index in [9.17, 15) is 0 Å². The van der Waals surface area contributed by atoms with Gasteiger partial charge in [-0.25, -0.2) is 0 Å². The Kier molecular flexibility index (Phi) is 4.46. The van der Waals surface area contributed by atoms with E-state index in [1.807, 2.05) is 0 Å². The maximum atomic E-state index is 3.59. The number of piperidine rings is 1. The van der Waals surface area contributed by atoms with Crippen molar-refractivity contribution in [2.45, 2.75) is 19.8 Å². The maximum absolute atomic E-state index is 3.59. The molecule has 17 heavy (non-hydrogen) atoms. The first-order valence-electron chi connectivity index (χ1n) is 6.33. The standard InChI is InChI=1S/C14H21BrN2/c1-11-5-6-13(15)14(8-11)16-9-12-4-3-7-17(2)10-12/h5-6,8,12,16H,3-4,7,9-10H2,1-2H3. The highest BCUT2D eigenvalue weighted by Crippen LogP contribution is 2.24. The van der Waals surface area contributed by atoms with Crippen LogP contribution in [0.25, 0.3) is 0 Å². The quantitative estimate of drug-likeness (QED) is 0.918. The Morgan fingerprint density at radius 1 is 1.47 bits per heavy atom. The molecule has 1 saturated heterocycles. The summed E-state index contributed by atoms with van der Waals surface area (Å²) in [6, 6.07) is 6.45. The average molecular weight is 297 g/mol. The van der Waals surface area contributed by atoms with Crippen LogP contribution in [0.1, 0.15) is 18.4 Å². The molecule has 2 rings (SSSR count). The number of aryl methyl sites for hydroxylation is 1. The summed E-state index contributed by atoms with van der Waals surface area (Å²) < 4.78 is 1.16. The molecular formula is C14H21BrN2. The van der Waals surface area contributed by atoms with Crippen LogP contribution in [-0.2, 0) is 0 Å². The summed E-state index contributed by atoms with van der Waals surface area (Å²) in [6.45, 7) is 5.68. The number of nitrogens with one attached hydrogen (secondary N) is 1. The second-order valence-electron chi connectivity index (χ2n) is 5.13. The van der Waals surface area contributed by atoms with Crippen LogP contribution in [0.3, 0.4) is 0 Å². The summed E-state index contributed by atoms with van der Waals surface area (Å²) in [5.41, 5.74) is 2.52. The number of benzene rings is 1. The summed E-state index contributed by atoms with van der Waals surface area (Å²) in [6.07, 6.45) is 2.68. The molecule has 1 aliphatic heterocycles. The van der Waals surface area contributed by atoms with Crippen LogP contribution in [0.5, 0.6) is 0 Å². The molecule has 0 aromatic heterocycles. The minimum absolute atomic E-state index is 0.779. The van der Waals surface area contributed by atoms with Gasteiger partial charge < -0.3 is 10.2 Å². The molecule has 1 heterocycles. The highest BCUT2D eigenvalue weighted by molar-refractivity contribution is 9.10. The zero-order valence-corrected chi connectivity index (χ0v) is 12.3. The van der Waals surface area contributed by atoms with Crippen molar-refractivity contribution in [1.29, 1.82) is 0 Å². The van der Waals surface area contributed by atoms with Gasteiger partial charge in [0.15, 0.2) is 0 Å². The Balaban J connectivity index is 1.90. The molecule has 1 aromatic carbocycles. The third-order valence-corrected chi connectivity index (χ3v) is 4.12. The topological polar surface area (TPSA) is 15.3 Å². The molecule has 1 fully saturated rings. The van der Waals surface area contributed by atoms with E-state index in [4.69, 9.17) is 0 Å². The molecule has 0 radical (unpaired) electrons. The second kappa shape index (κ2) is 5.87. The minimum atomic E-state index is 0.779. The molecule has 2 nitrogen and oxygen atoms in total. The van der Waals surface area contributed by atoms with Gasteiger partial charge in [0.1, 0.15) is 0 Å². The normalized spacial score (nSPS) is 21.5. The fourth-order valence-corrected chi connectivity index (χ4v) is 2.86. The maximum Gasteiger partial charge on any atom is 0.0487 e. The molecule has 0 spiro atoms. The van der Waals surface area contributed by atoms with Crippen LogP contribution in [0.2, 0.25) is 0 Å². The number of rotatable bonds is 3. The SMILES string of the molecule is Cc1ccc(Br)c(NCC2CCCN(C)C2)c1. The number of anilines is 1. The minimum Gasteiger partial charge on any atom is -0.384 e. The number of nitrogens with zero attached hydrogens (tertiary/aromatic N) is 1. The Morgan fingerprint density at radius 3 is 3.06 bits per heavy atom. The van der Waals surface area contributed by atoms with Crippen molar-refractivity contribution in [2.24, 2.45) is 5.92 Å². The molecule has 0 bridgehead atoms. The van der Waals surface area contributed by atoms with Crippen molar-refractivity contribution in [3.05, 3.63) is 28.2 Å². The molecule has 0 saturated carbocycles. The Morgan fingerprint density at radius 2 is 2.29 bits per heavy atom. The van der Waals surface area contributed by atoms with Gasteiger partial charge in [-0.05, 0) is 72.9 Å². The number of hydrogen-bond acceptors (Lipinski definition) is 2. The predicted molar refractivity (Wildman–Crippen MR) is 77.6 cm³/mol. The smallest absolute Gasteiger partial charge is 0.0487 e. The van der Waals surface area contributed by atoms with Crippen LogP contribution >= 0.6 is 15.9 Å². The largest absolute Gasteiger partial charge is 0.384 e. The van der Waals surface area contributed by atoms with E-state index in [1.54, 1.807) is 0 Å². The van der Waals surface area contributed by atoms with Crippen molar-refractivity contribution in [2.75, 3.05) is 32.0 Å². The third-order valence-electron chi connectivity index (χ3n) is 3.43. The van der Waals surface area contributed by atoms with E-state index < -0.39 is 0 Å². The lowest BCUT2D eigenvalue weighted by atomic mass is 9.98. The number of hydrogen-bond donors (Lipinski definition) is 1. The van der Waals surface area contributed by atoms with E-state index in [2.05, 4.69) is 58.3 Å². The first-order valence-corrected chi connectivity index (χ1v) is 7.13. The van der Waals surface area contributed by atoms with Crippen LogP contribution in [0.15, 0.2) is 22.7 Å². The Bertz CT molecular complexity index is 378. The highest BCUT2D eigenvalue weighted by atomic mass is 79.9. The molecule has 1 aromatic rings. The molecule has 1 N–H and O–H groups in total. The van der Waals surface area contributed by atoms with Crippen molar-refractivity contribution in [3.8, 4) is 0 Å².